The molecule has 0 amide bonds. The van der Waals surface area contributed by atoms with E-state index in [-0.39, 0.29) is 0 Å². The van der Waals surface area contributed by atoms with Crippen molar-refractivity contribution in [3.8, 4) is 0 Å². The van der Waals surface area contributed by atoms with Crippen LogP contribution in [0, 0.1) is 0 Å². The maximum atomic E-state index is 5.60. The molecule has 1 rings (SSSR count). The second-order valence-corrected chi connectivity index (χ2v) is 3.40. The Bertz CT molecular complexity index is 265. The predicted molar refractivity (Wildman–Crippen MR) is 57.7 cm³/mol. The van der Waals surface area contributed by atoms with E-state index in [0.717, 1.165) is 17.7 Å². The monoisotopic (exact) mass is 244 g/mol. The lowest BCUT2D eigenvalue weighted by atomic mass is 10.5. The highest BCUT2D eigenvalue weighted by Gasteiger charge is 2.06. The fraction of sp³-hybridized carbons (Fsp3) is 0.500. The summed E-state index contributed by atoms with van der Waals surface area (Å²) in [4.78, 5) is 10.4. The van der Waals surface area contributed by atoms with Crippen LogP contribution < -0.4 is 10.6 Å². The van der Waals surface area contributed by atoms with E-state index in [1.54, 1.807) is 6.07 Å². The zero-order valence-corrected chi connectivity index (χ0v) is 9.37. The van der Waals surface area contributed by atoms with E-state index in [1.165, 1.54) is 0 Å². The maximum absolute atomic E-state index is 5.60. The van der Waals surface area contributed by atoms with Gasteiger partial charge in [0.2, 0.25) is 5.95 Å². The first-order valence-corrected chi connectivity index (χ1v) is 5.01. The summed E-state index contributed by atoms with van der Waals surface area (Å²) in [5.41, 5.74) is 5.60. The summed E-state index contributed by atoms with van der Waals surface area (Å²) in [6.07, 6.45) is 0. The molecule has 4 nitrogen and oxygen atoms in total. The van der Waals surface area contributed by atoms with Gasteiger partial charge in [0, 0.05) is 19.2 Å². The first-order valence-electron chi connectivity index (χ1n) is 4.22. The molecule has 13 heavy (non-hydrogen) atoms. The Morgan fingerprint density at radius 3 is 2.46 bits per heavy atom. The van der Waals surface area contributed by atoms with E-state index in [9.17, 15) is 0 Å². The van der Waals surface area contributed by atoms with E-state index in [2.05, 4.69) is 39.7 Å². The Balaban J connectivity index is 2.99. The third-order valence-corrected chi connectivity index (χ3v) is 2.16. The summed E-state index contributed by atoms with van der Waals surface area (Å²) in [6, 6.07) is 1.69. The second kappa shape index (κ2) is 4.41. The van der Waals surface area contributed by atoms with Gasteiger partial charge in [0.15, 0.2) is 0 Å². The number of hydrogen-bond donors (Lipinski definition) is 1. The molecule has 0 fully saturated rings. The molecule has 0 bridgehead atoms. The van der Waals surface area contributed by atoms with Crippen LogP contribution in [0.4, 0.5) is 11.8 Å². The molecular formula is C8H13BrN4. The molecule has 0 spiro atoms. The fourth-order valence-corrected chi connectivity index (χ4v) is 1.46. The van der Waals surface area contributed by atoms with Gasteiger partial charge in [-0.3, -0.25) is 0 Å². The molecule has 1 aromatic rings. The van der Waals surface area contributed by atoms with Crippen LogP contribution in [0.5, 0.6) is 0 Å². The predicted octanol–water partition coefficient (Wildman–Crippen LogP) is 1.67. The van der Waals surface area contributed by atoms with Gasteiger partial charge < -0.3 is 10.6 Å². The topological polar surface area (TPSA) is 55.0 Å². The molecular weight excluding hydrogens is 232 g/mol. The largest absolute Gasteiger partial charge is 0.383 e. The van der Waals surface area contributed by atoms with Gasteiger partial charge in [-0.15, -0.1) is 0 Å². The van der Waals surface area contributed by atoms with E-state index in [0.29, 0.717) is 11.8 Å². The van der Waals surface area contributed by atoms with E-state index in [1.807, 2.05) is 4.90 Å². The van der Waals surface area contributed by atoms with Crippen LogP contribution in [0.15, 0.2) is 10.7 Å². The van der Waals surface area contributed by atoms with Gasteiger partial charge in [-0.05, 0) is 29.8 Å². The normalized spacial score (nSPS) is 10.1. The third-order valence-electron chi connectivity index (χ3n) is 1.75. The van der Waals surface area contributed by atoms with Crippen molar-refractivity contribution in [2.75, 3.05) is 23.7 Å². The third kappa shape index (κ3) is 2.55. The van der Waals surface area contributed by atoms with Crippen molar-refractivity contribution in [1.29, 1.82) is 0 Å². The van der Waals surface area contributed by atoms with Gasteiger partial charge in [-0.2, -0.15) is 4.98 Å². The van der Waals surface area contributed by atoms with Gasteiger partial charge in [0.05, 0.1) is 0 Å². The summed E-state index contributed by atoms with van der Waals surface area (Å²) < 4.78 is 0.724. The van der Waals surface area contributed by atoms with Crippen LogP contribution >= 0.6 is 15.9 Å². The van der Waals surface area contributed by atoms with Crippen molar-refractivity contribution in [3.05, 3.63) is 10.7 Å². The molecule has 72 valence electrons. The van der Waals surface area contributed by atoms with Crippen LogP contribution in [-0.2, 0) is 0 Å². The Morgan fingerprint density at radius 2 is 2.00 bits per heavy atom. The van der Waals surface area contributed by atoms with Gasteiger partial charge in [0.1, 0.15) is 10.4 Å². The zero-order valence-electron chi connectivity index (χ0n) is 7.79. The SMILES string of the molecule is CCN(CC)c1nc(N)cc(Br)n1. The number of nitrogens with two attached hydrogens (primary N) is 1. The maximum Gasteiger partial charge on any atom is 0.228 e. The van der Waals surface area contributed by atoms with E-state index < -0.39 is 0 Å². The van der Waals surface area contributed by atoms with Gasteiger partial charge >= 0.3 is 0 Å². The number of nitrogens with zero attached hydrogens (tertiary/aromatic N) is 3. The Hall–Kier alpha value is -0.840. The molecule has 0 atom stereocenters. The minimum atomic E-state index is 0.490. The number of hydrogen-bond acceptors (Lipinski definition) is 4. The molecule has 0 aliphatic heterocycles. The molecule has 0 aliphatic carbocycles. The first kappa shape index (κ1) is 10.2. The molecule has 1 aromatic heterocycles. The number of rotatable bonds is 3. The molecule has 0 radical (unpaired) electrons. The Kier molecular flexibility index (Phi) is 3.48. The number of aromatic nitrogens is 2. The standard InChI is InChI=1S/C8H13BrN4/c1-3-13(4-2)8-11-6(9)5-7(10)12-8/h5H,3-4H2,1-2H3,(H2,10,11,12). The number of halogens is 1. The first-order chi connectivity index (χ1) is 6.17. The van der Waals surface area contributed by atoms with Gasteiger partial charge in [-0.1, -0.05) is 0 Å². The minimum absolute atomic E-state index is 0.490. The van der Waals surface area contributed by atoms with Crippen molar-refractivity contribution >= 4 is 27.7 Å². The molecule has 0 saturated carbocycles. The molecule has 0 saturated heterocycles. The Labute approximate surface area is 86.3 Å². The van der Waals surface area contributed by atoms with Crippen molar-refractivity contribution in [1.82, 2.24) is 9.97 Å². The van der Waals surface area contributed by atoms with Crippen LogP contribution in [0.3, 0.4) is 0 Å². The van der Waals surface area contributed by atoms with Crippen molar-refractivity contribution < 1.29 is 0 Å². The number of anilines is 2. The lowest BCUT2D eigenvalue weighted by Gasteiger charge is -2.18. The molecule has 1 heterocycles. The van der Waals surface area contributed by atoms with Crippen LogP contribution in [0.25, 0.3) is 0 Å². The van der Waals surface area contributed by atoms with Crippen LogP contribution in [0.2, 0.25) is 0 Å². The quantitative estimate of drug-likeness (QED) is 0.823. The zero-order chi connectivity index (χ0) is 9.84. The van der Waals surface area contributed by atoms with Crippen LogP contribution in [-0.4, -0.2) is 23.1 Å². The van der Waals surface area contributed by atoms with E-state index >= 15 is 0 Å². The summed E-state index contributed by atoms with van der Waals surface area (Å²) in [5.74, 6) is 1.17. The molecule has 0 aliphatic rings. The van der Waals surface area contributed by atoms with Crippen molar-refractivity contribution in [3.63, 3.8) is 0 Å². The van der Waals surface area contributed by atoms with Gasteiger partial charge in [-0.25, -0.2) is 4.98 Å². The lowest BCUT2D eigenvalue weighted by Crippen LogP contribution is -2.24. The van der Waals surface area contributed by atoms with Crippen molar-refractivity contribution in [2.24, 2.45) is 0 Å². The molecule has 0 unspecified atom stereocenters. The van der Waals surface area contributed by atoms with Crippen LogP contribution in [0.1, 0.15) is 13.8 Å². The second-order valence-electron chi connectivity index (χ2n) is 2.59. The highest BCUT2D eigenvalue weighted by molar-refractivity contribution is 9.10. The molecule has 5 heteroatoms. The Morgan fingerprint density at radius 1 is 1.38 bits per heavy atom. The summed E-state index contributed by atoms with van der Waals surface area (Å²) in [5, 5.41) is 0. The highest BCUT2D eigenvalue weighted by atomic mass is 79.9. The number of nitrogen functional groups attached to an aromatic ring is 1. The summed E-state index contributed by atoms with van der Waals surface area (Å²) in [7, 11) is 0. The molecule has 0 aromatic carbocycles. The lowest BCUT2D eigenvalue weighted by molar-refractivity contribution is 0.820. The highest BCUT2D eigenvalue weighted by Crippen LogP contribution is 2.15. The summed E-state index contributed by atoms with van der Waals surface area (Å²) >= 11 is 3.28. The summed E-state index contributed by atoms with van der Waals surface area (Å²) in [6.45, 7) is 5.88. The van der Waals surface area contributed by atoms with Gasteiger partial charge in [0.25, 0.3) is 0 Å². The molecule has 2 N–H and O–H groups in total. The average Bonchev–Trinajstić information content (AvgIpc) is 2.04. The smallest absolute Gasteiger partial charge is 0.228 e. The minimum Gasteiger partial charge on any atom is -0.383 e. The average molecular weight is 245 g/mol. The fourth-order valence-electron chi connectivity index (χ4n) is 1.07. The van der Waals surface area contributed by atoms with E-state index in [4.69, 9.17) is 5.73 Å². The van der Waals surface area contributed by atoms with Crippen molar-refractivity contribution in [2.45, 2.75) is 13.8 Å².